The second-order valence-corrected chi connectivity index (χ2v) is 8.05. The zero-order chi connectivity index (χ0) is 28.0. The molecule has 0 atom stereocenters. The summed E-state index contributed by atoms with van der Waals surface area (Å²) >= 11 is 0. The van der Waals surface area contributed by atoms with Crippen LogP contribution in [0.1, 0.15) is 62.3 Å². The van der Waals surface area contributed by atoms with E-state index < -0.39 is 26.5 Å². The highest BCUT2D eigenvalue weighted by Gasteiger charge is 2.49. The maximum Gasteiger partial charge on any atom is 0.346 e. The monoisotopic (exact) mass is 562 g/mol. The van der Waals surface area contributed by atoms with Gasteiger partial charge >= 0.3 is 26.5 Å². The van der Waals surface area contributed by atoms with Crippen molar-refractivity contribution >= 4 is 8.60 Å². The Balaban J connectivity index is 6.57. The quantitative estimate of drug-likeness (QED) is 0.103. The van der Waals surface area contributed by atoms with E-state index in [1.807, 2.05) is 62.3 Å². The average molecular weight is 563 g/mol. The summed E-state index contributed by atoms with van der Waals surface area (Å²) in [6.07, 6.45) is 0. The van der Waals surface area contributed by atoms with Gasteiger partial charge in [-0.3, -0.25) is 13.6 Å². The third kappa shape index (κ3) is 14.2. The Hall–Kier alpha value is -0.0500. The van der Waals surface area contributed by atoms with E-state index in [0.29, 0.717) is 19.8 Å². The number of hydrogen-bond donors (Lipinski definition) is 0. The Bertz CT molecular complexity index is 439. The summed E-state index contributed by atoms with van der Waals surface area (Å²) in [6.45, 7) is 19.1. The van der Waals surface area contributed by atoms with Crippen LogP contribution in [0.15, 0.2) is 0 Å². The lowest BCUT2D eigenvalue weighted by Crippen LogP contribution is -2.49. The van der Waals surface area contributed by atoms with Crippen LogP contribution in [0.25, 0.3) is 0 Å². The molecule has 0 aromatic carbocycles. The topological polar surface area (TPSA) is 111 Å². The van der Waals surface area contributed by atoms with E-state index in [9.17, 15) is 0 Å². The van der Waals surface area contributed by atoms with Gasteiger partial charge in [0, 0.05) is 59.5 Å². The van der Waals surface area contributed by atoms with E-state index in [0.717, 1.165) is 0 Å². The smallest absolute Gasteiger partial charge is 0.346 e. The highest BCUT2D eigenvalue weighted by atomic mass is 31.2. The van der Waals surface area contributed by atoms with Crippen molar-refractivity contribution in [3.8, 4) is 0 Å². The first-order chi connectivity index (χ1) is 17.8. The second kappa shape index (κ2) is 21.7. The highest BCUT2D eigenvalue weighted by Crippen LogP contribution is 2.52. The third-order valence-corrected chi connectivity index (χ3v) is 5.56. The molecule has 0 aromatic heterocycles. The van der Waals surface area contributed by atoms with Gasteiger partial charge in [0.15, 0.2) is 0 Å². The largest absolute Gasteiger partial charge is 0.373 e. The van der Waals surface area contributed by atoms with Gasteiger partial charge in [-0.25, -0.2) is 0 Å². The van der Waals surface area contributed by atoms with Gasteiger partial charge in [0.2, 0.25) is 0 Å². The van der Waals surface area contributed by atoms with Crippen molar-refractivity contribution in [1.29, 1.82) is 0 Å². The van der Waals surface area contributed by atoms with Gasteiger partial charge in [0.05, 0.1) is 0 Å². The molecule has 224 valence electrons. The molecule has 0 fully saturated rings. The summed E-state index contributed by atoms with van der Waals surface area (Å²) in [4.78, 5) is 0. The summed E-state index contributed by atoms with van der Waals surface area (Å²) in [5, 5.41) is 0. The van der Waals surface area contributed by atoms with Crippen molar-refractivity contribution < 1.29 is 56.2 Å². The van der Waals surface area contributed by atoms with E-state index >= 15 is 0 Å². The van der Waals surface area contributed by atoms with Crippen LogP contribution in [0.4, 0.5) is 0 Å². The fraction of sp³-hybridized carbons (Fsp3) is 1.00. The van der Waals surface area contributed by atoms with Crippen molar-refractivity contribution in [2.24, 2.45) is 0 Å². The van der Waals surface area contributed by atoms with Crippen molar-refractivity contribution in [2.45, 2.75) is 80.2 Å². The summed E-state index contributed by atoms with van der Waals surface area (Å²) in [5.74, 6) is -4.97. The summed E-state index contributed by atoms with van der Waals surface area (Å²) in [7, 11) is -2.43. The molecular weight excluding hydrogens is 511 g/mol. The Kier molecular flexibility index (Phi) is 21.7. The molecule has 0 saturated heterocycles. The van der Waals surface area contributed by atoms with Crippen molar-refractivity contribution in [1.82, 2.24) is 0 Å². The molecule has 0 aromatic rings. The molecule has 13 heteroatoms. The molecule has 0 saturated carbocycles. The lowest BCUT2D eigenvalue weighted by atomic mass is 10.5. The first-order valence-electron chi connectivity index (χ1n) is 13.3. The predicted molar refractivity (Wildman–Crippen MR) is 138 cm³/mol. The molecule has 0 radical (unpaired) electrons. The Morgan fingerprint density at radius 3 is 0.730 bits per heavy atom. The van der Waals surface area contributed by atoms with Gasteiger partial charge in [-0.15, -0.1) is 0 Å². The molecular formula is C24H51O12P. The minimum absolute atomic E-state index is 0.0554. The van der Waals surface area contributed by atoms with Crippen LogP contribution in [0.5, 0.6) is 0 Å². The Labute approximate surface area is 224 Å². The molecule has 0 bridgehead atoms. The lowest BCUT2D eigenvalue weighted by Gasteiger charge is -2.41. The van der Waals surface area contributed by atoms with Gasteiger partial charge in [-0.1, -0.05) is 0 Å². The minimum Gasteiger partial charge on any atom is -0.373 e. The minimum atomic E-state index is -2.43. The van der Waals surface area contributed by atoms with Gasteiger partial charge in [0.1, 0.15) is 19.8 Å². The summed E-state index contributed by atoms with van der Waals surface area (Å²) in [6, 6.07) is 0. The van der Waals surface area contributed by atoms with E-state index in [4.69, 9.17) is 56.2 Å². The molecule has 0 aliphatic carbocycles. The van der Waals surface area contributed by atoms with Crippen LogP contribution in [-0.2, 0) is 56.2 Å². The molecule has 0 aliphatic heterocycles. The predicted octanol–water partition coefficient (Wildman–Crippen LogP) is 4.55. The normalized spacial score (nSPS) is 13.1. The maximum atomic E-state index is 6.30. The number of rotatable bonds is 27. The van der Waals surface area contributed by atoms with E-state index in [2.05, 4.69) is 0 Å². The Morgan fingerprint density at radius 1 is 0.351 bits per heavy atom. The van der Waals surface area contributed by atoms with Crippen LogP contribution >= 0.6 is 8.60 Å². The SMILES string of the molecule is CCOCC(OCC)(OCC)OP(OC(COCC)(OCC)OCC)OC(COCC)(OCC)OCC. The standard InChI is InChI=1S/C24H51O12P/c1-10-25-19-22(28-13-4,29-14-5)34-37(35-23(30-15-6,31-16-7)20-26-11-2)36-24(32-17-8,33-18-9)21-27-12-3/h10-21H2,1-9H3. The second-order valence-electron chi connectivity index (χ2n) is 7.06. The lowest BCUT2D eigenvalue weighted by molar-refractivity contribution is -0.401. The molecule has 0 aliphatic rings. The molecule has 0 heterocycles. The first-order valence-corrected chi connectivity index (χ1v) is 14.4. The van der Waals surface area contributed by atoms with Crippen LogP contribution in [0, 0.1) is 0 Å². The van der Waals surface area contributed by atoms with Gasteiger partial charge in [-0.05, 0) is 62.3 Å². The molecule has 0 amide bonds. The van der Waals surface area contributed by atoms with Gasteiger partial charge in [-0.2, -0.15) is 0 Å². The van der Waals surface area contributed by atoms with Crippen molar-refractivity contribution in [3.05, 3.63) is 0 Å². The molecule has 0 unspecified atom stereocenters. The van der Waals surface area contributed by atoms with Crippen LogP contribution < -0.4 is 0 Å². The van der Waals surface area contributed by atoms with Crippen LogP contribution in [0.2, 0.25) is 0 Å². The molecule has 37 heavy (non-hydrogen) atoms. The van der Waals surface area contributed by atoms with E-state index in [1.165, 1.54) is 0 Å². The number of ether oxygens (including phenoxy) is 9. The van der Waals surface area contributed by atoms with Crippen molar-refractivity contribution in [3.63, 3.8) is 0 Å². The van der Waals surface area contributed by atoms with Crippen LogP contribution in [-0.4, -0.2) is 97.2 Å². The highest BCUT2D eigenvalue weighted by molar-refractivity contribution is 7.41. The Morgan fingerprint density at radius 2 is 0.568 bits per heavy atom. The molecule has 0 N–H and O–H groups in total. The fourth-order valence-electron chi connectivity index (χ4n) is 3.01. The third-order valence-electron chi connectivity index (χ3n) is 4.28. The van der Waals surface area contributed by atoms with Crippen molar-refractivity contribution in [2.75, 3.05) is 79.3 Å². The van der Waals surface area contributed by atoms with E-state index in [-0.39, 0.29) is 59.5 Å². The fourth-order valence-corrected chi connectivity index (χ4v) is 4.28. The van der Waals surface area contributed by atoms with Crippen LogP contribution in [0.3, 0.4) is 0 Å². The maximum absolute atomic E-state index is 6.30. The summed E-state index contributed by atoms with van der Waals surface area (Å²) < 4.78 is 71.2. The first kappa shape index (κ1) is 37.0. The number of hydrogen-bond acceptors (Lipinski definition) is 12. The van der Waals surface area contributed by atoms with Gasteiger partial charge < -0.3 is 42.6 Å². The summed E-state index contributed by atoms with van der Waals surface area (Å²) in [5.41, 5.74) is 0. The zero-order valence-electron chi connectivity index (χ0n) is 24.3. The molecule has 12 nitrogen and oxygen atoms in total. The molecule has 0 spiro atoms. The van der Waals surface area contributed by atoms with E-state index in [1.54, 1.807) is 0 Å². The average Bonchev–Trinajstić information content (AvgIpc) is 2.86. The zero-order valence-corrected chi connectivity index (χ0v) is 25.2. The molecule has 0 rings (SSSR count). The van der Waals surface area contributed by atoms with Gasteiger partial charge in [0.25, 0.3) is 0 Å².